The first-order valence-electron chi connectivity index (χ1n) is 9.18. The minimum atomic E-state index is -0.408. The van der Waals surface area contributed by atoms with Crippen molar-refractivity contribution < 1.29 is 14.0 Å². The van der Waals surface area contributed by atoms with Gasteiger partial charge in [0.2, 0.25) is 17.4 Å². The van der Waals surface area contributed by atoms with E-state index in [1.165, 1.54) is 10.9 Å². The fourth-order valence-corrected chi connectivity index (χ4v) is 3.54. The number of aryl methyl sites for hydroxylation is 1. The molecule has 0 unspecified atom stereocenters. The van der Waals surface area contributed by atoms with E-state index in [2.05, 4.69) is 15.6 Å². The number of aromatic nitrogens is 2. The maximum absolute atomic E-state index is 12.7. The van der Waals surface area contributed by atoms with Crippen molar-refractivity contribution in [2.24, 2.45) is 0 Å². The molecular weight excluding hydrogens is 372 g/mol. The molecule has 0 aliphatic carbocycles. The largest absolute Gasteiger partial charge is 0.448 e. The number of hydrogen-bond acceptors (Lipinski definition) is 5. The zero-order valence-corrected chi connectivity index (χ0v) is 15.3. The summed E-state index contributed by atoms with van der Waals surface area (Å²) in [6, 6.07) is 12.6. The summed E-state index contributed by atoms with van der Waals surface area (Å²) in [5, 5.41) is 6.35. The smallest absolute Gasteiger partial charge is 0.297 e. The summed E-state index contributed by atoms with van der Waals surface area (Å²) in [7, 11) is 0. The Morgan fingerprint density at radius 3 is 2.93 bits per heavy atom. The van der Waals surface area contributed by atoms with Gasteiger partial charge in [-0.05, 0) is 42.3 Å². The molecule has 144 valence electrons. The Morgan fingerprint density at radius 1 is 1.17 bits per heavy atom. The van der Waals surface area contributed by atoms with Crippen molar-refractivity contribution in [3.8, 4) is 0 Å². The first-order chi connectivity index (χ1) is 14.1. The van der Waals surface area contributed by atoms with Gasteiger partial charge in [-0.25, -0.2) is 4.98 Å². The molecule has 0 bridgehead atoms. The van der Waals surface area contributed by atoms with Crippen molar-refractivity contribution in [2.45, 2.75) is 19.4 Å². The highest BCUT2D eigenvalue weighted by molar-refractivity contribution is 6.02. The fraction of sp³-hybridized carbons (Fsp3) is 0.143. The van der Waals surface area contributed by atoms with Gasteiger partial charge in [0.25, 0.3) is 5.56 Å². The van der Waals surface area contributed by atoms with Gasteiger partial charge in [0.1, 0.15) is 17.6 Å². The first kappa shape index (κ1) is 17.2. The Bertz CT molecular complexity index is 1350. The van der Waals surface area contributed by atoms with Crippen LogP contribution in [0.4, 0.5) is 11.4 Å². The fourth-order valence-electron chi connectivity index (χ4n) is 3.54. The molecule has 2 aromatic carbocycles. The second kappa shape index (κ2) is 6.59. The monoisotopic (exact) mass is 388 g/mol. The molecule has 2 amide bonds. The zero-order valence-electron chi connectivity index (χ0n) is 15.3. The number of nitrogens with one attached hydrogen (secondary N) is 2. The number of carbonyl (C=O) groups is 2. The van der Waals surface area contributed by atoms with Gasteiger partial charge in [-0.1, -0.05) is 12.1 Å². The van der Waals surface area contributed by atoms with E-state index in [0.717, 1.165) is 16.6 Å². The zero-order chi connectivity index (χ0) is 20.0. The number of nitrogens with zero attached hydrogens (tertiary/aromatic N) is 2. The summed E-state index contributed by atoms with van der Waals surface area (Å²) in [5.41, 5.74) is 3.12. The molecule has 0 spiro atoms. The normalized spacial score (nSPS) is 13.3. The summed E-state index contributed by atoms with van der Waals surface area (Å²) in [4.78, 5) is 40.9. The molecule has 8 heteroatoms. The Morgan fingerprint density at radius 2 is 2.03 bits per heavy atom. The molecule has 8 nitrogen and oxygen atoms in total. The first-order valence-corrected chi connectivity index (χ1v) is 9.18. The molecule has 4 aromatic rings. The van der Waals surface area contributed by atoms with E-state index >= 15 is 0 Å². The van der Waals surface area contributed by atoms with Crippen molar-refractivity contribution in [3.05, 3.63) is 64.7 Å². The Hall–Kier alpha value is -3.94. The van der Waals surface area contributed by atoms with Gasteiger partial charge in [0.15, 0.2) is 0 Å². The summed E-state index contributed by atoms with van der Waals surface area (Å²) in [5.74, 6) is -0.369. The second-order valence-corrected chi connectivity index (χ2v) is 6.92. The topological polar surface area (TPSA) is 106 Å². The van der Waals surface area contributed by atoms with Gasteiger partial charge in [-0.2, -0.15) is 0 Å². The summed E-state index contributed by atoms with van der Waals surface area (Å²) < 4.78 is 6.85. The van der Waals surface area contributed by atoms with E-state index in [4.69, 9.17) is 4.42 Å². The lowest BCUT2D eigenvalue weighted by Crippen LogP contribution is -2.27. The number of rotatable bonds is 3. The summed E-state index contributed by atoms with van der Waals surface area (Å²) >= 11 is 0. The molecule has 0 saturated carbocycles. The van der Waals surface area contributed by atoms with Crippen LogP contribution in [0.25, 0.3) is 22.1 Å². The van der Waals surface area contributed by atoms with Crippen molar-refractivity contribution in [1.29, 1.82) is 0 Å². The van der Waals surface area contributed by atoms with Crippen LogP contribution in [0.1, 0.15) is 12.0 Å². The van der Waals surface area contributed by atoms with Gasteiger partial charge < -0.3 is 15.1 Å². The molecule has 1 aliphatic rings. The summed E-state index contributed by atoms with van der Waals surface area (Å²) in [6.45, 7) is -0.188. The third-order valence-corrected chi connectivity index (χ3v) is 4.95. The lowest BCUT2D eigenvalue weighted by Gasteiger charge is -2.17. The molecule has 2 N–H and O–H groups in total. The van der Waals surface area contributed by atoms with E-state index in [1.54, 1.807) is 18.2 Å². The molecule has 0 fully saturated rings. The number of para-hydroxylation sites is 1. The van der Waals surface area contributed by atoms with Crippen LogP contribution in [0.5, 0.6) is 0 Å². The van der Waals surface area contributed by atoms with E-state index < -0.39 is 5.56 Å². The Labute approximate surface area is 164 Å². The average molecular weight is 388 g/mol. The van der Waals surface area contributed by atoms with Crippen LogP contribution in [0.15, 0.2) is 58.0 Å². The minimum absolute atomic E-state index is 0.0119. The van der Waals surface area contributed by atoms with Crippen LogP contribution in [-0.2, 0) is 22.6 Å². The van der Waals surface area contributed by atoms with Gasteiger partial charge in [0, 0.05) is 23.2 Å². The predicted molar refractivity (Wildman–Crippen MR) is 108 cm³/mol. The van der Waals surface area contributed by atoms with Gasteiger partial charge in [0.05, 0.1) is 6.33 Å². The number of anilines is 2. The highest BCUT2D eigenvalue weighted by Gasteiger charge is 2.17. The highest BCUT2D eigenvalue weighted by atomic mass is 16.3. The van der Waals surface area contributed by atoms with Crippen LogP contribution in [-0.4, -0.2) is 21.4 Å². The van der Waals surface area contributed by atoms with Crippen LogP contribution in [0.3, 0.4) is 0 Å². The molecule has 2 aromatic heterocycles. The maximum Gasteiger partial charge on any atom is 0.297 e. The van der Waals surface area contributed by atoms with Crippen molar-refractivity contribution in [3.63, 3.8) is 0 Å². The standard InChI is InChI=1S/C21H16N4O4/c26-17-8-5-12-9-13(6-7-15(12)24-17)23-18(27)10-25-11-22-19-14-3-1-2-4-16(14)29-20(19)21(25)28/h1-4,6-7,9,11H,5,8,10H2,(H,23,27)(H,24,26). The third kappa shape index (κ3) is 3.04. The number of hydrogen-bond donors (Lipinski definition) is 2. The van der Waals surface area contributed by atoms with Gasteiger partial charge >= 0.3 is 0 Å². The van der Waals surface area contributed by atoms with Crippen molar-refractivity contribution >= 4 is 45.3 Å². The minimum Gasteiger partial charge on any atom is -0.448 e. The Kier molecular flexibility index (Phi) is 3.90. The number of amides is 2. The van der Waals surface area contributed by atoms with Crippen LogP contribution < -0.4 is 16.2 Å². The van der Waals surface area contributed by atoms with Crippen LogP contribution in [0, 0.1) is 0 Å². The number of carbonyl (C=O) groups excluding carboxylic acids is 2. The second-order valence-electron chi connectivity index (χ2n) is 6.92. The lowest BCUT2D eigenvalue weighted by molar-refractivity contribution is -0.117. The third-order valence-electron chi connectivity index (χ3n) is 4.95. The Balaban J connectivity index is 1.39. The molecule has 3 heterocycles. The van der Waals surface area contributed by atoms with Crippen LogP contribution in [0.2, 0.25) is 0 Å². The van der Waals surface area contributed by atoms with E-state index in [1.807, 2.05) is 24.3 Å². The number of benzene rings is 2. The number of furan rings is 1. The molecule has 29 heavy (non-hydrogen) atoms. The molecule has 1 aliphatic heterocycles. The molecule has 0 radical (unpaired) electrons. The SMILES string of the molecule is O=C(Cn1cnc2c(oc3ccccc32)c1=O)Nc1ccc2c(c1)CCC(=O)N2. The van der Waals surface area contributed by atoms with E-state index in [9.17, 15) is 14.4 Å². The van der Waals surface area contributed by atoms with Crippen LogP contribution >= 0.6 is 0 Å². The number of fused-ring (bicyclic) bond motifs is 4. The molecular formula is C21H16N4O4. The average Bonchev–Trinajstić information content (AvgIpc) is 3.10. The van der Waals surface area contributed by atoms with Gasteiger partial charge in [-0.15, -0.1) is 0 Å². The summed E-state index contributed by atoms with van der Waals surface area (Å²) in [6.07, 6.45) is 2.40. The quantitative estimate of drug-likeness (QED) is 0.561. The molecule has 5 rings (SSSR count). The van der Waals surface area contributed by atoms with E-state index in [0.29, 0.717) is 29.6 Å². The molecule has 0 atom stereocenters. The molecule has 0 saturated heterocycles. The lowest BCUT2D eigenvalue weighted by atomic mass is 10.0. The van der Waals surface area contributed by atoms with Gasteiger partial charge in [-0.3, -0.25) is 19.0 Å². The maximum atomic E-state index is 12.7. The predicted octanol–water partition coefficient (Wildman–Crippen LogP) is 2.67. The van der Waals surface area contributed by atoms with E-state index in [-0.39, 0.29) is 23.9 Å². The highest BCUT2D eigenvalue weighted by Crippen LogP contribution is 2.26. The van der Waals surface area contributed by atoms with Crippen molar-refractivity contribution in [1.82, 2.24) is 9.55 Å². The van der Waals surface area contributed by atoms with Crippen molar-refractivity contribution in [2.75, 3.05) is 10.6 Å².